The van der Waals surface area contributed by atoms with Crippen LogP contribution in [-0.2, 0) is 13.0 Å². The Morgan fingerprint density at radius 1 is 1.16 bits per heavy atom. The number of nitrogens with one attached hydrogen (secondary N) is 2. The molecular formula is C24H29FN6O. The number of aromatic nitrogens is 2. The van der Waals surface area contributed by atoms with Crippen molar-refractivity contribution in [3.8, 4) is 5.69 Å². The van der Waals surface area contributed by atoms with E-state index in [1.165, 1.54) is 6.07 Å². The Morgan fingerprint density at radius 3 is 2.62 bits per heavy atom. The van der Waals surface area contributed by atoms with Crippen molar-refractivity contribution in [1.82, 2.24) is 25.1 Å². The van der Waals surface area contributed by atoms with Crippen LogP contribution in [0.15, 0.2) is 59.9 Å². The molecule has 3 aromatic rings. The van der Waals surface area contributed by atoms with E-state index < -0.39 is 0 Å². The Kier molecular flexibility index (Phi) is 7.59. The lowest BCUT2D eigenvalue weighted by molar-refractivity contribution is 0.0827. The van der Waals surface area contributed by atoms with Crippen LogP contribution >= 0.6 is 0 Å². The standard InChI is InChI=1S/C24H29FN6O/c1-17-27-12-13-31(17)22-9-8-19(15-21(22)25)16-29-24(26-2)28-11-10-18-6-5-7-20(14-18)23(32)30(3)4/h5-9,12-15H,10-11,16H2,1-4H3,(H2,26,28,29). The molecule has 2 aromatic carbocycles. The van der Waals surface area contributed by atoms with Crippen molar-refractivity contribution in [3.63, 3.8) is 0 Å². The van der Waals surface area contributed by atoms with Crippen molar-refractivity contribution in [2.45, 2.75) is 19.9 Å². The molecule has 1 aromatic heterocycles. The predicted molar refractivity (Wildman–Crippen MR) is 125 cm³/mol. The number of benzene rings is 2. The normalized spacial score (nSPS) is 11.3. The van der Waals surface area contributed by atoms with Gasteiger partial charge in [-0.2, -0.15) is 0 Å². The number of rotatable bonds is 7. The molecule has 0 aliphatic carbocycles. The monoisotopic (exact) mass is 436 g/mol. The molecule has 1 heterocycles. The third kappa shape index (κ3) is 5.72. The van der Waals surface area contributed by atoms with Gasteiger partial charge in [0.25, 0.3) is 5.91 Å². The SMILES string of the molecule is CN=C(NCCc1cccc(C(=O)N(C)C)c1)NCc1ccc(-n2ccnc2C)c(F)c1. The van der Waals surface area contributed by atoms with Gasteiger partial charge in [-0.1, -0.05) is 18.2 Å². The minimum atomic E-state index is -0.305. The second kappa shape index (κ2) is 10.6. The molecule has 168 valence electrons. The van der Waals surface area contributed by atoms with Crippen LogP contribution in [0.4, 0.5) is 4.39 Å². The quantitative estimate of drug-likeness (QED) is 0.441. The van der Waals surface area contributed by atoms with Gasteiger partial charge in [-0.15, -0.1) is 0 Å². The minimum absolute atomic E-state index is 0.0151. The minimum Gasteiger partial charge on any atom is -0.356 e. The average Bonchev–Trinajstić information content (AvgIpc) is 3.21. The number of halogens is 1. The summed E-state index contributed by atoms with van der Waals surface area (Å²) in [6, 6.07) is 12.8. The maximum Gasteiger partial charge on any atom is 0.253 e. The molecule has 0 fully saturated rings. The van der Waals surface area contributed by atoms with Crippen LogP contribution < -0.4 is 10.6 Å². The van der Waals surface area contributed by atoms with Gasteiger partial charge in [0.2, 0.25) is 0 Å². The van der Waals surface area contributed by atoms with E-state index in [0.717, 1.165) is 23.4 Å². The fourth-order valence-corrected chi connectivity index (χ4v) is 3.34. The first kappa shape index (κ1) is 23.0. The van der Waals surface area contributed by atoms with E-state index in [2.05, 4.69) is 20.6 Å². The van der Waals surface area contributed by atoms with Crippen molar-refractivity contribution < 1.29 is 9.18 Å². The van der Waals surface area contributed by atoms with Crippen molar-refractivity contribution in [1.29, 1.82) is 0 Å². The van der Waals surface area contributed by atoms with Crippen LogP contribution in [-0.4, -0.2) is 54.0 Å². The predicted octanol–water partition coefficient (Wildman–Crippen LogP) is 2.93. The van der Waals surface area contributed by atoms with Crippen LogP contribution in [0.3, 0.4) is 0 Å². The number of nitrogens with zero attached hydrogens (tertiary/aromatic N) is 4. The maximum absolute atomic E-state index is 14.6. The van der Waals surface area contributed by atoms with Gasteiger partial charge in [0, 0.05) is 52.2 Å². The third-order valence-electron chi connectivity index (χ3n) is 5.07. The van der Waals surface area contributed by atoms with Crippen LogP contribution in [0.5, 0.6) is 0 Å². The zero-order chi connectivity index (χ0) is 23.1. The molecule has 0 saturated carbocycles. The molecule has 0 radical (unpaired) electrons. The van der Waals surface area contributed by atoms with Crippen molar-refractivity contribution in [2.24, 2.45) is 4.99 Å². The summed E-state index contributed by atoms with van der Waals surface area (Å²) in [5.41, 5.74) is 3.02. The molecule has 32 heavy (non-hydrogen) atoms. The first-order valence-electron chi connectivity index (χ1n) is 10.4. The largest absolute Gasteiger partial charge is 0.356 e. The first-order chi connectivity index (χ1) is 15.4. The van der Waals surface area contributed by atoms with Gasteiger partial charge in [0.15, 0.2) is 5.96 Å². The van der Waals surface area contributed by atoms with E-state index in [4.69, 9.17) is 0 Å². The molecule has 0 aliphatic rings. The van der Waals surface area contributed by atoms with Gasteiger partial charge < -0.3 is 20.1 Å². The molecule has 0 unspecified atom stereocenters. The zero-order valence-electron chi connectivity index (χ0n) is 18.9. The number of hydrogen-bond donors (Lipinski definition) is 2. The zero-order valence-corrected chi connectivity index (χ0v) is 18.9. The second-order valence-corrected chi connectivity index (χ2v) is 7.63. The smallest absolute Gasteiger partial charge is 0.253 e. The van der Waals surface area contributed by atoms with E-state index in [1.807, 2.05) is 37.3 Å². The highest BCUT2D eigenvalue weighted by Gasteiger charge is 2.10. The maximum atomic E-state index is 14.6. The molecule has 0 atom stereocenters. The summed E-state index contributed by atoms with van der Waals surface area (Å²) in [7, 11) is 5.17. The van der Waals surface area contributed by atoms with Gasteiger partial charge in [-0.3, -0.25) is 9.79 Å². The van der Waals surface area contributed by atoms with Crippen molar-refractivity contribution in [2.75, 3.05) is 27.7 Å². The lowest BCUT2D eigenvalue weighted by Crippen LogP contribution is -2.37. The van der Waals surface area contributed by atoms with E-state index in [0.29, 0.717) is 30.3 Å². The first-order valence-corrected chi connectivity index (χ1v) is 10.4. The fraction of sp³-hybridized carbons (Fsp3) is 0.292. The summed E-state index contributed by atoms with van der Waals surface area (Å²) < 4.78 is 16.3. The Balaban J connectivity index is 1.53. The molecule has 8 heteroatoms. The van der Waals surface area contributed by atoms with E-state index in [9.17, 15) is 9.18 Å². The summed E-state index contributed by atoms with van der Waals surface area (Å²) in [4.78, 5) is 22.1. The van der Waals surface area contributed by atoms with Crippen LogP contribution in [0.25, 0.3) is 5.69 Å². The average molecular weight is 437 g/mol. The van der Waals surface area contributed by atoms with Crippen LogP contribution in [0.2, 0.25) is 0 Å². The topological polar surface area (TPSA) is 74.6 Å². The summed E-state index contributed by atoms with van der Waals surface area (Å²) in [5, 5.41) is 6.45. The Hall–Kier alpha value is -3.68. The molecule has 0 bridgehead atoms. The number of aryl methyl sites for hydroxylation is 1. The molecular weight excluding hydrogens is 407 g/mol. The van der Waals surface area contributed by atoms with Crippen molar-refractivity contribution in [3.05, 3.63) is 83.2 Å². The molecule has 3 rings (SSSR count). The summed E-state index contributed by atoms with van der Waals surface area (Å²) in [6.45, 7) is 2.92. The highest BCUT2D eigenvalue weighted by Crippen LogP contribution is 2.16. The fourth-order valence-electron chi connectivity index (χ4n) is 3.34. The summed E-state index contributed by atoms with van der Waals surface area (Å²) in [6.07, 6.45) is 4.13. The van der Waals surface area contributed by atoms with Gasteiger partial charge >= 0.3 is 0 Å². The highest BCUT2D eigenvalue weighted by molar-refractivity contribution is 5.94. The van der Waals surface area contributed by atoms with Gasteiger partial charge in [0.05, 0.1) is 5.69 Å². The number of carbonyl (C=O) groups is 1. The van der Waals surface area contributed by atoms with E-state index in [-0.39, 0.29) is 11.7 Å². The highest BCUT2D eigenvalue weighted by atomic mass is 19.1. The number of aliphatic imine (C=N–C) groups is 1. The Labute approximate surface area is 188 Å². The number of carbonyl (C=O) groups excluding carboxylic acids is 1. The summed E-state index contributed by atoms with van der Waals surface area (Å²) in [5.74, 6) is 1.04. The number of amides is 1. The van der Waals surface area contributed by atoms with Crippen molar-refractivity contribution >= 4 is 11.9 Å². The van der Waals surface area contributed by atoms with Gasteiger partial charge in [0.1, 0.15) is 11.6 Å². The molecule has 0 aliphatic heterocycles. The van der Waals surface area contributed by atoms with E-state index in [1.54, 1.807) is 49.1 Å². The van der Waals surface area contributed by atoms with Gasteiger partial charge in [-0.05, 0) is 48.7 Å². The Morgan fingerprint density at radius 2 is 1.97 bits per heavy atom. The number of hydrogen-bond acceptors (Lipinski definition) is 3. The van der Waals surface area contributed by atoms with Crippen LogP contribution in [0, 0.1) is 12.7 Å². The molecule has 7 nitrogen and oxygen atoms in total. The molecule has 0 saturated heterocycles. The van der Waals surface area contributed by atoms with E-state index >= 15 is 0 Å². The second-order valence-electron chi connectivity index (χ2n) is 7.63. The molecule has 1 amide bonds. The number of imidazole rings is 1. The molecule has 2 N–H and O–H groups in total. The molecule has 0 spiro atoms. The van der Waals surface area contributed by atoms with Gasteiger partial charge in [-0.25, -0.2) is 9.37 Å². The number of guanidine groups is 1. The lowest BCUT2D eigenvalue weighted by Gasteiger charge is -2.14. The lowest BCUT2D eigenvalue weighted by atomic mass is 10.1. The third-order valence-corrected chi connectivity index (χ3v) is 5.07. The Bertz CT molecular complexity index is 1110. The van der Waals surface area contributed by atoms with Crippen LogP contribution in [0.1, 0.15) is 27.3 Å². The summed E-state index contributed by atoms with van der Waals surface area (Å²) >= 11 is 0.